The van der Waals surface area contributed by atoms with Crippen molar-refractivity contribution in [3.05, 3.63) is 4.88 Å². The number of rotatable bonds is 8. The number of hydrogen-bond acceptors (Lipinski definition) is 6. The summed E-state index contributed by atoms with van der Waals surface area (Å²) in [5.41, 5.74) is 6.41. The van der Waals surface area contributed by atoms with E-state index in [4.69, 9.17) is 10.5 Å². The molecule has 0 unspecified atom stereocenters. The number of thiophene rings is 1. The first kappa shape index (κ1) is 15.8. The Hall–Kier alpha value is -1.27. The van der Waals surface area contributed by atoms with E-state index in [0.29, 0.717) is 22.7 Å². The lowest BCUT2D eigenvalue weighted by atomic mass is 10.2. The fourth-order valence-electron chi connectivity index (χ4n) is 1.71. The average Bonchev–Trinajstić information content (AvgIpc) is 2.70. The van der Waals surface area contributed by atoms with Crippen molar-refractivity contribution in [1.29, 1.82) is 0 Å². The molecule has 1 rings (SSSR count). The third-order valence-electron chi connectivity index (χ3n) is 2.75. The largest absolute Gasteiger partial charge is 0.492 e. The number of carbonyl (C=O) groups excluding carboxylic acids is 1. The number of carbonyl (C=O) groups is 1. The van der Waals surface area contributed by atoms with Gasteiger partial charge in [0.2, 0.25) is 0 Å². The van der Waals surface area contributed by atoms with Crippen molar-refractivity contribution < 1.29 is 9.53 Å². The van der Waals surface area contributed by atoms with Crippen LogP contribution in [0.1, 0.15) is 29.4 Å². The number of nitrogens with one attached hydrogen (secondary N) is 1. The third-order valence-corrected chi connectivity index (χ3v) is 3.93. The molecule has 0 aromatic carbocycles. The van der Waals surface area contributed by atoms with Crippen molar-refractivity contribution in [3.8, 4) is 5.75 Å². The molecule has 108 valence electrons. The van der Waals surface area contributed by atoms with Gasteiger partial charge in [0.15, 0.2) is 11.5 Å². The van der Waals surface area contributed by atoms with E-state index in [1.54, 1.807) is 7.11 Å². The number of nitrogens with two attached hydrogens (primary N) is 1. The van der Waals surface area contributed by atoms with Crippen molar-refractivity contribution in [2.75, 3.05) is 45.3 Å². The first-order valence-electron chi connectivity index (χ1n) is 6.39. The highest BCUT2D eigenvalue weighted by Gasteiger charge is 2.20. The van der Waals surface area contributed by atoms with Crippen molar-refractivity contribution >= 4 is 27.8 Å². The molecule has 1 aromatic rings. The quantitative estimate of drug-likeness (QED) is 0.566. The zero-order valence-corrected chi connectivity index (χ0v) is 12.9. The van der Waals surface area contributed by atoms with Crippen LogP contribution in [0.4, 0.5) is 10.7 Å². The van der Waals surface area contributed by atoms with E-state index in [0.717, 1.165) is 24.5 Å². The number of ketones is 1. The lowest BCUT2D eigenvalue weighted by molar-refractivity contribution is 0.0992. The maximum atomic E-state index is 11.8. The topological polar surface area (TPSA) is 67.6 Å². The minimum Gasteiger partial charge on any atom is -0.492 e. The molecule has 0 spiro atoms. The summed E-state index contributed by atoms with van der Waals surface area (Å²) < 4.78 is 5.29. The van der Waals surface area contributed by atoms with Gasteiger partial charge in [-0.15, -0.1) is 11.3 Å². The van der Waals surface area contributed by atoms with Gasteiger partial charge in [0.25, 0.3) is 0 Å². The first-order chi connectivity index (χ1) is 9.01. The van der Waals surface area contributed by atoms with Gasteiger partial charge in [-0.2, -0.15) is 0 Å². The summed E-state index contributed by atoms with van der Waals surface area (Å²) in [4.78, 5) is 14.5. The Bertz CT molecular complexity index is 430. The molecule has 0 saturated heterocycles. The molecular weight excluding hydrogens is 262 g/mol. The SMILES string of the molecule is CCC(=O)c1sc(NCCCN(C)C)c(OC)c1N. The van der Waals surface area contributed by atoms with Crippen molar-refractivity contribution in [1.82, 2.24) is 4.90 Å². The van der Waals surface area contributed by atoms with Crippen molar-refractivity contribution in [2.24, 2.45) is 0 Å². The van der Waals surface area contributed by atoms with E-state index in [-0.39, 0.29) is 5.78 Å². The fraction of sp³-hybridized carbons (Fsp3) is 0.615. The molecule has 19 heavy (non-hydrogen) atoms. The van der Waals surface area contributed by atoms with Crippen LogP contribution >= 0.6 is 11.3 Å². The molecule has 0 aliphatic heterocycles. The highest BCUT2D eigenvalue weighted by molar-refractivity contribution is 7.19. The van der Waals surface area contributed by atoms with E-state index in [1.807, 2.05) is 21.0 Å². The predicted molar refractivity (Wildman–Crippen MR) is 81.6 cm³/mol. The van der Waals surface area contributed by atoms with E-state index < -0.39 is 0 Å². The second-order valence-electron chi connectivity index (χ2n) is 4.57. The first-order valence-corrected chi connectivity index (χ1v) is 7.20. The van der Waals surface area contributed by atoms with E-state index >= 15 is 0 Å². The smallest absolute Gasteiger partial charge is 0.176 e. The molecule has 6 heteroatoms. The predicted octanol–water partition coefficient (Wildman–Crippen LogP) is 2.30. The highest BCUT2D eigenvalue weighted by Crippen LogP contribution is 2.42. The number of methoxy groups -OCH3 is 1. The minimum atomic E-state index is 0.0575. The van der Waals surface area contributed by atoms with Crippen molar-refractivity contribution in [3.63, 3.8) is 0 Å². The maximum Gasteiger partial charge on any atom is 0.176 e. The van der Waals surface area contributed by atoms with Crippen LogP contribution in [0.3, 0.4) is 0 Å². The van der Waals surface area contributed by atoms with E-state index in [2.05, 4.69) is 10.2 Å². The van der Waals surface area contributed by atoms with Crippen LogP contribution < -0.4 is 15.8 Å². The van der Waals surface area contributed by atoms with Crippen LogP contribution in [0, 0.1) is 0 Å². The molecule has 0 bridgehead atoms. The monoisotopic (exact) mass is 285 g/mol. The number of Topliss-reactive ketones (excluding diaryl/α,β-unsaturated/α-hetero) is 1. The summed E-state index contributed by atoms with van der Waals surface area (Å²) in [5.74, 6) is 0.647. The van der Waals surface area contributed by atoms with Crippen LogP contribution in [0.15, 0.2) is 0 Å². The van der Waals surface area contributed by atoms with E-state index in [1.165, 1.54) is 11.3 Å². The highest BCUT2D eigenvalue weighted by atomic mass is 32.1. The van der Waals surface area contributed by atoms with Gasteiger partial charge in [0.05, 0.1) is 17.7 Å². The number of ether oxygens (including phenoxy) is 1. The molecular formula is C13H23N3O2S. The summed E-state index contributed by atoms with van der Waals surface area (Å²) >= 11 is 1.38. The lowest BCUT2D eigenvalue weighted by Crippen LogP contribution is -2.16. The maximum absolute atomic E-state index is 11.8. The Morgan fingerprint density at radius 2 is 2.16 bits per heavy atom. The molecule has 0 saturated carbocycles. The molecule has 0 atom stereocenters. The minimum absolute atomic E-state index is 0.0575. The molecule has 0 radical (unpaired) electrons. The van der Waals surface area contributed by atoms with Gasteiger partial charge in [-0.05, 0) is 27.1 Å². The standard InChI is InChI=1S/C13H23N3O2S/c1-5-9(17)12-10(14)11(18-4)13(19-12)15-7-6-8-16(2)3/h15H,5-8,14H2,1-4H3. The normalized spacial score (nSPS) is 10.8. The zero-order valence-electron chi connectivity index (χ0n) is 12.1. The second kappa shape index (κ2) is 7.35. The Balaban J connectivity index is 2.74. The van der Waals surface area contributed by atoms with Crippen LogP contribution in [0.2, 0.25) is 0 Å². The molecule has 3 N–H and O–H groups in total. The molecule has 0 amide bonds. The summed E-state index contributed by atoms with van der Waals surface area (Å²) in [6.45, 7) is 3.67. The number of nitrogens with zero attached hydrogens (tertiary/aromatic N) is 1. The Morgan fingerprint density at radius 1 is 1.47 bits per heavy atom. The molecule has 1 aromatic heterocycles. The number of anilines is 2. The Labute approximate surface area is 118 Å². The molecule has 0 aliphatic rings. The van der Waals surface area contributed by atoms with Crippen LogP contribution in [0.5, 0.6) is 5.75 Å². The van der Waals surface area contributed by atoms with Gasteiger partial charge >= 0.3 is 0 Å². The van der Waals surface area contributed by atoms with Gasteiger partial charge in [-0.25, -0.2) is 0 Å². The molecule has 0 fully saturated rings. The third kappa shape index (κ3) is 4.11. The summed E-state index contributed by atoms with van der Waals surface area (Å²) in [5, 5.41) is 4.14. The average molecular weight is 285 g/mol. The summed E-state index contributed by atoms with van der Waals surface area (Å²) in [7, 11) is 5.66. The summed E-state index contributed by atoms with van der Waals surface area (Å²) in [6, 6.07) is 0. The number of hydrogen-bond donors (Lipinski definition) is 2. The molecule has 5 nitrogen and oxygen atoms in total. The van der Waals surface area contributed by atoms with Gasteiger partial charge in [0, 0.05) is 13.0 Å². The van der Waals surface area contributed by atoms with Crippen LogP contribution in [0.25, 0.3) is 0 Å². The molecule has 0 aliphatic carbocycles. The van der Waals surface area contributed by atoms with Gasteiger partial charge in [-0.1, -0.05) is 6.92 Å². The van der Waals surface area contributed by atoms with Crippen molar-refractivity contribution in [2.45, 2.75) is 19.8 Å². The van der Waals surface area contributed by atoms with E-state index in [9.17, 15) is 4.79 Å². The Kier molecular flexibility index (Phi) is 6.11. The fourth-order valence-corrected chi connectivity index (χ4v) is 2.84. The molecule has 1 heterocycles. The van der Waals surface area contributed by atoms with Gasteiger partial charge in [-0.3, -0.25) is 4.79 Å². The number of nitrogen functional groups attached to an aromatic ring is 1. The van der Waals surface area contributed by atoms with Crippen LogP contribution in [-0.4, -0.2) is 45.0 Å². The van der Waals surface area contributed by atoms with Gasteiger partial charge < -0.3 is 20.7 Å². The lowest BCUT2D eigenvalue weighted by Gasteiger charge is -2.10. The summed E-state index contributed by atoms with van der Waals surface area (Å²) in [6.07, 6.45) is 1.47. The second-order valence-corrected chi connectivity index (χ2v) is 5.59. The Morgan fingerprint density at radius 3 is 2.68 bits per heavy atom. The zero-order chi connectivity index (χ0) is 14.4. The van der Waals surface area contributed by atoms with Crippen LogP contribution in [-0.2, 0) is 0 Å². The van der Waals surface area contributed by atoms with Gasteiger partial charge in [0.1, 0.15) is 5.00 Å².